The van der Waals surface area contributed by atoms with Crippen molar-refractivity contribution in [3.05, 3.63) is 41.2 Å². The Bertz CT molecular complexity index is 950. The summed E-state index contributed by atoms with van der Waals surface area (Å²) in [4.78, 5) is 0. The normalized spacial score (nSPS) is 14.4. The van der Waals surface area contributed by atoms with Gasteiger partial charge in [0.2, 0.25) is 5.71 Å². The number of hydrazone groups is 1. The molecule has 1 aliphatic rings. The number of nitrogens with zero attached hydrogens (tertiary/aromatic N) is 4. The number of para-hydroxylation sites is 2. The van der Waals surface area contributed by atoms with Crippen LogP contribution in [0.3, 0.4) is 0 Å². The van der Waals surface area contributed by atoms with Gasteiger partial charge in [-0.05, 0) is 37.8 Å². The van der Waals surface area contributed by atoms with Crippen LogP contribution in [0.25, 0.3) is 5.69 Å². The number of amidine groups is 1. The zero-order valence-electron chi connectivity index (χ0n) is 14.1. The summed E-state index contributed by atoms with van der Waals surface area (Å²) >= 11 is 0. The van der Waals surface area contributed by atoms with Crippen LogP contribution in [0, 0.1) is 16.7 Å². The molecule has 0 aliphatic heterocycles. The zero-order chi connectivity index (χ0) is 19.6. The fraction of sp³-hybridized carbons (Fsp3) is 0.294. The summed E-state index contributed by atoms with van der Waals surface area (Å²) < 4.78 is 41.5. The number of alkyl halides is 3. The van der Waals surface area contributed by atoms with Crippen LogP contribution < -0.4 is 11.2 Å². The van der Waals surface area contributed by atoms with Crippen LogP contribution in [-0.2, 0) is 19.0 Å². The van der Waals surface area contributed by atoms with Gasteiger partial charge in [0.25, 0.3) is 0 Å². The number of rotatable bonds is 4. The quantitative estimate of drug-likeness (QED) is 0.433. The van der Waals surface area contributed by atoms with Gasteiger partial charge in [-0.15, -0.1) is 0 Å². The van der Waals surface area contributed by atoms with E-state index in [1.807, 2.05) is 0 Å². The number of benzene rings is 1. The Morgan fingerprint density at radius 3 is 2.67 bits per heavy atom. The molecule has 2 aromatic rings. The van der Waals surface area contributed by atoms with Gasteiger partial charge in [-0.1, -0.05) is 12.1 Å². The molecule has 0 saturated heterocycles. The molecule has 3 rings (SSSR count). The first-order valence-corrected chi connectivity index (χ1v) is 8.18. The Kier molecular flexibility index (Phi) is 4.85. The number of nitriles is 1. The number of nitrogens with one attached hydrogen (secondary N) is 2. The molecule has 1 aromatic heterocycles. The molecule has 140 valence electrons. The number of halogens is 3. The van der Waals surface area contributed by atoms with Crippen LogP contribution in [0.1, 0.15) is 29.8 Å². The monoisotopic (exact) mass is 375 g/mol. The number of nitrogens with two attached hydrogens (primary N) is 1. The van der Waals surface area contributed by atoms with E-state index >= 15 is 0 Å². The fourth-order valence-electron chi connectivity index (χ4n) is 3.04. The molecule has 27 heavy (non-hydrogen) atoms. The van der Waals surface area contributed by atoms with Gasteiger partial charge in [0.05, 0.1) is 11.4 Å². The SMILES string of the molecule is N#C/C(=N\Nc1ccccc1-n1nc(C(F)(F)F)c2c1CCCC2)C(=N)N. The number of hydrogen-bond donors (Lipinski definition) is 3. The average molecular weight is 375 g/mol. The van der Waals surface area contributed by atoms with Crippen molar-refractivity contribution in [2.45, 2.75) is 31.9 Å². The third-order valence-electron chi connectivity index (χ3n) is 4.23. The summed E-state index contributed by atoms with van der Waals surface area (Å²) in [6.45, 7) is 0. The van der Waals surface area contributed by atoms with Crippen molar-refractivity contribution < 1.29 is 13.2 Å². The van der Waals surface area contributed by atoms with Gasteiger partial charge in [-0.25, -0.2) is 4.68 Å². The molecule has 1 aliphatic carbocycles. The van der Waals surface area contributed by atoms with Gasteiger partial charge in [0.15, 0.2) is 11.5 Å². The van der Waals surface area contributed by atoms with E-state index in [1.165, 1.54) is 4.68 Å². The maximum atomic E-state index is 13.4. The lowest BCUT2D eigenvalue weighted by Gasteiger charge is -2.16. The second-order valence-corrected chi connectivity index (χ2v) is 6.01. The predicted octanol–water partition coefficient (Wildman–Crippen LogP) is 3.00. The van der Waals surface area contributed by atoms with Crippen molar-refractivity contribution >= 4 is 17.2 Å². The van der Waals surface area contributed by atoms with Gasteiger partial charge in [0.1, 0.15) is 6.07 Å². The second kappa shape index (κ2) is 7.11. The third-order valence-corrected chi connectivity index (χ3v) is 4.23. The Balaban J connectivity index is 2.10. The van der Waals surface area contributed by atoms with Gasteiger partial charge in [-0.2, -0.15) is 28.6 Å². The average Bonchev–Trinajstić information content (AvgIpc) is 3.02. The van der Waals surface area contributed by atoms with Crippen LogP contribution in [0.15, 0.2) is 29.4 Å². The topological polar surface area (TPSA) is 116 Å². The predicted molar refractivity (Wildman–Crippen MR) is 93.8 cm³/mol. The molecule has 1 heterocycles. The minimum atomic E-state index is -4.53. The van der Waals surface area contributed by atoms with Crippen LogP contribution >= 0.6 is 0 Å². The van der Waals surface area contributed by atoms with Gasteiger partial charge in [0, 0.05) is 11.3 Å². The van der Waals surface area contributed by atoms with Crippen molar-refractivity contribution in [3.63, 3.8) is 0 Å². The van der Waals surface area contributed by atoms with Crippen molar-refractivity contribution in [3.8, 4) is 11.8 Å². The highest BCUT2D eigenvalue weighted by atomic mass is 19.4. The highest BCUT2D eigenvalue weighted by Crippen LogP contribution is 2.37. The first-order valence-electron chi connectivity index (χ1n) is 8.18. The molecule has 0 fully saturated rings. The lowest BCUT2D eigenvalue weighted by atomic mass is 9.95. The Morgan fingerprint density at radius 1 is 1.30 bits per heavy atom. The molecule has 0 unspecified atom stereocenters. The van der Waals surface area contributed by atoms with Gasteiger partial charge < -0.3 is 5.73 Å². The molecule has 0 amide bonds. The molecule has 0 saturated carbocycles. The van der Waals surface area contributed by atoms with Crippen molar-refractivity contribution in [1.29, 1.82) is 10.7 Å². The van der Waals surface area contributed by atoms with Crippen molar-refractivity contribution in [1.82, 2.24) is 9.78 Å². The highest BCUT2D eigenvalue weighted by molar-refractivity contribution is 6.45. The van der Waals surface area contributed by atoms with Crippen molar-refractivity contribution in [2.75, 3.05) is 5.43 Å². The minimum absolute atomic E-state index is 0.230. The van der Waals surface area contributed by atoms with Gasteiger partial charge >= 0.3 is 6.18 Å². The van der Waals surface area contributed by atoms with Crippen LogP contribution in [0.2, 0.25) is 0 Å². The summed E-state index contributed by atoms with van der Waals surface area (Å²) in [5.41, 5.74) is 8.13. The molecule has 1 aromatic carbocycles. The molecular weight excluding hydrogens is 359 g/mol. The van der Waals surface area contributed by atoms with E-state index in [0.29, 0.717) is 36.3 Å². The number of hydrogen-bond acceptors (Lipinski definition) is 5. The third kappa shape index (κ3) is 3.62. The largest absolute Gasteiger partial charge is 0.435 e. The van der Waals surface area contributed by atoms with Crippen LogP contribution in [-0.4, -0.2) is 21.3 Å². The van der Waals surface area contributed by atoms with E-state index in [-0.39, 0.29) is 11.3 Å². The van der Waals surface area contributed by atoms with Crippen LogP contribution in [0.5, 0.6) is 0 Å². The Labute approximate surface area is 152 Å². The smallest absolute Gasteiger partial charge is 0.382 e. The Morgan fingerprint density at radius 2 is 2.00 bits per heavy atom. The lowest BCUT2D eigenvalue weighted by molar-refractivity contribution is -0.142. The molecule has 0 spiro atoms. The molecule has 0 atom stereocenters. The van der Waals surface area contributed by atoms with Crippen molar-refractivity contribution in [2.24, 2.45) is 10.8 Å². The molecule has 4 N–H and O–H groups in total. The maximum absolute atomic E-state index is 13.4. The molecule has 0 bridgehead atoms. The van der Waals surface area contributed by atoms with Gasteiger partial charge in [-0.3, -0.25) is 10.8 Å². The summed E-state index contributed by atoms with van der Waals surface area (Å²) in [6, 6.07) is 8.22. The lowest BCUT2D eigenvalue weighted by Crippen LogP contribution is -2.22. The van der Waals surface area contributed by atoms with E-state index in [4.69, 9.17) is 16.4 Å². The Hall–Kier alpha value is -3.35. The van der Waals surface area contributed by atoms with E-state index in [1.54, 1.807) is 30.3 Å². The molecule has 7 nitrogen and oxygen atoms in total. The molecule has 10 heteroatoms. The summed E-state index contributed by atoms with van der Waals surface area (Å²) in [6.07, 6.45) is -2.23. The maximum Gasteiger partial charge on any atom is 0.435 e. The summed E-state index contributed by atoms with van der Waals surface area (Å²) in [5.74, 6) is -0.515. The summed E-state index contributed by atoms with van der Waals surface area (Å²) in [7, 11) is 0. The molecule has 0 radical (unpaired) electrons. The summed E-state index contributed by atoms with van der Waals surface area (Å²) in [5, 5.41) is 23.8. The number of fused-ring (bicyclic) bond motifs is 1. The highest BCUT2D eigenvalue weighted by Gasteiger charge is 2.39. The minimum Gasteiger partial charge on any atom is -0.382 e. The van der Waals surface area contributed by atoms with E-state index < -0.39 is 17.7 Å². The first kappa shape index (κ1) is 18.4. The molecular formula is C17H16F3N7. The first-order chi connectivity index (χ1) is 12.8. The second-order valence-electron chi connectivity index (χ2n) is 6.01. The van der Waals surface area contributed by atoms with Crippen LogP contribution in [0.4, 0.5) is 18.9 Å². The zero-order valence-corrected chi connectivity index (χ0v) is 14.1. The number of anilines is 1. The fourth-order valence-corrected chi connectivity index (χ4v) is 3.04. The van der Waals surface area contributed by atoms with E-state index in [0.717, 1.165) is 6.42 Å². The van der Waals surface area contributed by atoms with E-state index in [2.05, 4.69) is 15.6 Å². The standard InChI is InChI=1S/C17H16F3N7/c18-17(19,20)15-10-5-1-3-7-13(10)27(26-15)14-8-4-2-6-11(14)24-25-12(9-21)16(22)23/h2,4,6,8,24H,1,3,5,7H2,(H3,22,23)/b25-12+. The van der Waals surface area contributed by atoms with E-state index in [9.17, 15) is 13.2 Å². The number of aromatic nitrogens is 2.